The van der Waals surface area contributed by atoms with Gasteiger partial charge in [-0.25, -0.2) is 0 Å². The molecule has 0 aromatic rings. The summed E-state index contributed by atoms with van der Waals surface area (Å²) in [5.41, 5.74) is 0.0181. The Balaban J connectivity index is 2.22. The van der Waals surface area contributed by atoms with E-state index in [0.29, 0.717) is 6.61 Å². The Hall–Kier alpha value is -0.120. The lowest BCUT2D eigenvalue weighted by atomic mass is 9.84. The van der Waals surface area contributed by atoms with Crippen molar-refractivity contribution < 1.29 is 9.84 Å². The molecule has 0 amide bonds. The number of hydrogen-bond donors (Lipinski definition) is 2. The molecule has 3 heteroatoms. The van der Waals surface area contributed by atoms with Crippen molar-refractivity contribution in [2.24, 2.45) is 5.41 Å². The van der Waals surface area contributed by atoms with Gasteiger partial charge in [0.2, 0.25) is 0 Å². The normalized spacial score (nSPS) is 21.8. The average molecular weight is 159 g/mol. The van der Waals surface area contributed by atoms with Crippen LogP contribution in [0.1, 0.15) is 13.8 Å². The zero-order valence-corrected chi connectivity index (χ0v) is 7.26. The summed E-state index contributed by atoms with van der Waals surface area (Å²) in [7, 11) is 0. The molecule has 11 heavy (non-hydrogen) atoms. The zero-order valence-electron chi connectivity index (χ0n) is 7.26. The van der Waals surface area contributed by atoms with E-state index >= 15 is 0 Å². The predicted molar refractivity (Wildman–Crippen MR) is 43.5 cm³/mol. The van der Waals surface area contributed by atoms with E-state index in [-0.39, 0.29) is 18.1 Å². The third-order valence-electron chi connectivity index (χ3n) is 2.06. The Kier molecular flexibility index (Phi) is 2.87. The molecule has 1 saturated heterocycles. The van der Waals surface area contributed by atoms with Gasteiger partial charge in [0.25, 0.3) is 0 Å². The van der Waals surface area contributed by atoms with Crippen LogP contribution in [-0.2, 0) is 4.74 Å². The summed E-state index contributed by atoms with van der Waals surface area (Å²) in [4.78, 5) is 0. The lowest BCUT2D eigenvalue weighted by molar-refractivity contribution is -0.0463. The van der Waals surface area contributed by atoms with Crippen LogP contribution in [0.3, 0.4) is 0 Å². The van der Waals surface area contributed by atoms with E-state index in [2.05, 4.69) is 5.32 Å². The van der Waals surface area contributed by atoms with Gasteiger partial charge in [-0.2, -0.15) is 0 Å². The maximum Gasteiger partial charge on any atom is 0.0572 e. The Morgan fingerprint density at radius 3 is 2.45 bits per heavy atom. The van der Waals surface area contributed by atoms with Crippen molar-refractivity contribution in [3.63, 3.8) is 0 Å². The van der Waals surface area contributed by atoms with Crippen molar-refractivity contribution in [3.05, 3.63) is 0 Å². The maximum absolute atomic E-state index is 9.03. The summed E-state index contributed by atoms with van der Waals surface area (Å²) in [6.45, 7) is 6.70. The molecule has 0 unspecified atom stereocenters. The van der Waals surface area contributed by atoms with Crippen molar-refractivity contribution >= 4 is 0 Å². The first-order valence-electron chi connectivity index (χ1n) is 4.12. The van der Waals surface area contributed by atoms with Gasteiger partial charge in [-0.3, -0.25) is 0 Å². The Bertz CT molecular complexity index is 116. The van der Waals surface area contributed by atoms with Crippen LogP contribution >= 0.6 is 0 Å². The zero-order chi connectivity index (χ0) is 8.32. The quantitative estimate of drug-likeness (QED) is 0.606. The Morgan fingerprint density at radius 2 is 2.18 bits per heavy atom. The van der Waals surface area contributed by atoms with Crippen LogP contribution < -0.4 is 5.32 Å². The largest absolute Gasteiger partial charge is 0.396 e. The number of aliphatic hydroxyl groups is 1. The Labute approximate surface area is 67.7 Å². The van der Waals surface area contributed by atoms with Gasteiger partial charge in [0.15, 0.2) is 0 Å². The monoisotopic (exact) mass is 159 g/mol. The fraction of sp³-hybridized carbons (Fsp3) is 1.00. The highest BCUT2D eigenvalue weighted by atomic mass is 16.5. The molecule has 1 fully saturated rings. The second-order valence-electron chi connectivity index (χ2n) is 3.62. The molecule has 0 atom stereocenters. The molecule has 0 aromatic carbocycles. The molecule has 0 aliphatic carbocycles. The second kappa shape index (κ2) is 3.52. The second-order valence-corrected chi connectivity index (χ2v) is 3.62. The summed E-state index contributed by atoms with van der Waals surface area (Å²) in [6, 6.07) is 0. The van der Waals surface area contributed by atoms with E-state index in [4.69, 9.17) is 9.84 Å². The number of ether oxygens (including phenoxy) is 1. The summed E-state index contributed by atoms with van der Waals surface area (Å²) >= 11 is 0. The third-order valence-corrected chi connectivity index (χ3v) is 2.06. The molecule has 1 aliphatic rings. The lowest BCUT2D eigenvalue weighted by Crippen LogP contribution is -2.58. The molecule has 0 bridgehead atoms. The topological polar surface area (TPSA) is 41.5 Å². The first-order chi connectivity index (χ1) is 5.18. The molecule has 66 valence electrons. The van der Waals surface area contributed by atoms with E-state index in [1.165, 1.54) is 0 Å². The minimum Gasteiger partial charge on any atom is -0.396 e. The predicted octanol–water partition coefficient (Wildman–Crippen LogP) is -0.00670. The first kappa shape index (κ1) is 8.97. The molecular weight excluding hydrogens is 142 g/mol. The number of nitrogens with one attached hydrogen (secondary N) is 1. The highest BCUT2D eigenvalue weighted by Gasteiger charge is 2.36. The van der Waals surface area contributed by atoms with Crippen LogP contribution in [0.25, 0.3) is 0 Å². The molecular formula is C8H17NO2. The average Bonchev–Trinajstić information content (AvgIpc) is 1.86. The molecule has 0 spiro atoms. The molecule has 1 heterocycles. The van der Waals surface area contributed by atoms with Crippen LogP contribution in [0.5, 0.6) is 0 Å². The molecule has 1 aliphatic heterocycles. The van der Waals surface area contributed by atoms with E-state index in [0.717, 1.165) is 13.1 Å². The molecule has 1 rings (SSSR count). The van der Waals surface area contributed by atoms with Gasteiger partial charge < -0.3 is 15.2 Å². The van der Waals surface area contributed by atoms with Crippen molar-refractivity contribution in [1.29, 1.82) is 0 Å². The van der Waals surface area contributed by atoms with E-state index < -0.39 is 0 Å². The highest BCUT2D eigenvalue weighted by Crippen LogP contribution is 2.22. The number of aliphatic hydroxyl groups excluding tert-OH is 1. The van der Waals surface area contributed by atoms with Crippen molar-refractivity contribution in [2.75, 3.05) is 26.3 Å². The number of hydrogen-bond acceptors (Lipinski definition) is 3. The molecule has 0 aromatic heterocycles. The smallest absolute Gasteiger partial charge is 0.0572 e. The van der Waals surface area contributed by atoms with Crippen LogP contribution in [0.15, 0.2) is 0 Å². The maximum atomic E-state index is 9.03. The van der Waals surface area contributed by atoms with Crippen LogP contribution in [-0.4, -0.2) is 37.5 Å². The van der Waals surface area contributed by atoms with Crippen molar-refractivity contribution in [1.82, 2.24) is 5.32 Å². The van der Waals surface area contributed by atoms with Gasteiger partial charge in [-0.15, -0.1) is 0 Å². The van der Waals surface area contributed by atoms with Crippen LogP contribution in [0.2, 0.25) is 0 Å². The van der Waals surface area contributed by atoms with Crippen molar-refractivity contribution in [3.8, 4) is 0 Å². The van der Waals surface area contributed by atoms with Crippen LogP contribution in [0, 0.1) is 5.41 Å². The van der Waals surface area contributed by atoms with Gasteiger partial charge in [0, 0.05) is 18.5 Å². The van der Waals surface area contributed by atoms with Gasteiger partial charge in [0.1, 0.15) is 0 Å². The minimum atomic E-state index is 0.0181. The molecule has 2 N–H and O–H groups in total. The number of rotatable bonds is 4. The SMILES string of the molecule is CC(C)OCC1(CO)CNC1. The van der Waals surface area contributed by atoms with Gasteiger partial charge in [0.05, 0.1) is 19.3 Å². The fourth-order valence-corrected chi connectivity index (χ4v) is 1.08. The summed E-state index contributed by atoms with van der Waals surface area (Å²) in [5.74, 6) is 0. The highest BCUT2D eigenvalue weighted by molar-refractivity contribution is 4.91. The summed E-state index contributed by atoms with van der Waals surface area (Å²) in [5, 5.41) is 12.2. The van der Waals surface area contributed by atoms with Gasteiger partial charge >= 0.3 is 0 Å². The molecule has 0 saturated carbocycles. The standard InChI is InChI=1S/C8H17NO2/c1-7(2)11-6-8(5-10)3-9-4-8/h7,9-10H,3-6H2,1-2H3. The van der Waals surface area contributed by atoms with Gasteiger partial charge in [-0.05, 0) is 13.8 Å². The fourth-order valence-electron chi connectivity index (χ4n) is 1.08. The van der Waals surface area contributed by atoms with Crippen LogP contribution in [0.4, 0.5) is 0 Å². The van der Waals surface area contributed by atoms with Gasteiger partial charge in [-0.1, -0.05) is 0 Å². The molecule has 3 nitrogen and oxygen atoms in total. The van der Waals surface area contributed by atoms with Crippen molar-refractivity contribution in [2.45, 2.75) is 20.0 Å². The first-order valence-corrected chi connectivity index (χ1v) is 4.12. The lowest BCUT2D eigenvalue weighted by Gasteiger charge is -2.41. The Morgan fingerprint density at radius 1 is 1.55 bits per heavy atom. The third kappa shape index (κ3) is 2.15. The van der Waals surface area contributed by atoms with E-state index in [1.807, 2.05) is 13.8 Å². The molecule has 0 radical (unpaired) electrons. The van der Waals surface area contributed by atoms with E-state index in [9.17, 15) is 0 Å². The summed E-state index contributed by atoms with van der Waals surface area (Å²) in [6.07, 6.45) is 0.263. The summed E-state index contributed by atoms with van der Waals surface area (Å²) < 4.78 is 5.44. The minimum absolute atomic E-state index is 0.0181. The van der Waals surface area contributed by atoms with E-state index in [1.54, 1.807) is 0 Å².